The van der Waals surface area contributed by atoms with Crippen LogP contribution >= 0.6 is 0 Å². The van der Waals surface area contributed by atoms with Gasteiger partial charge in [0.05, 0.1) is 0 Å². The standard InChI is InChI=1S/C38H32N2/c1-4-10-31-26-37(19-15-28(31)5-2)40(38-20-17-30-12-7-9-14-33(30)27-38)35-23-21-34(22-24-35)39(3)36-18-16-29-11-6-8-13-32(29)25-36/h4-27H,2H2,1,3H3/b10-4-. The van der Waals surface area contributed by atoms with Crippen molar-refractivity contribution in [3.05, 3.63) is 151 Å². The van der Waals surface area contributed by atoms with E-state index in [0.29, 0.717) is 0 Å². The van der Waals surface area contributed by atoms with Gasteiger partial charge in [0.2, 0.25) is 0 Å². The van der Waals surface area contributed by atoms with Crippen molar-refractivity contribution in [1.82, 2.24) is 0 Å². The molecule has 0 heterocycles. The number of hydrogen-bond donors (Lipinski definition) is 0. The maximum atomic E-state index is 4.01. The van der Waals surface area contributed by atoms with Gasteiger partial charge in [0.1, 0.15) is 0 Å². The molecule has 0 N–H and O–H groups in total. The molecule has 0 aliphatic heterocycles. The minimum absolute atomic E-state index is 1.10. The average Bonchev–Trinajstić information content (AvgIpc) is 3.01. The van der Waals surface area contributed by atoms with Gasteiger partial charge in [-0.25, -0.2) is 0 Å². The van der Waals surface area contributed by atoms with Crippen LogP contribution in [0, 0.1) is 0 Å². The second kappa shape index (κ2) is 11.0. The molecule has 2 nitrogen and oxygen atoms in total. The Hall–Kier alpha value is -5.08. The van der Waals surface area contributed by atoms with Crippen LogP contribution in [0.25, 0.3) is 33.7 Å². The molecule has 6 aromatic carbocycles. The zero-order valence-electron chi connectivity index (χ0n) is 23.0. The first-order valence-electron chi connectivity index (χ1n) is 13.7. The van der Waals surface area contributed by atoms with Crippen LogP contribution < -0.4 is 9.80 Å². The number of allylic oxidation sites excluding steroid dienone is 1. The van der Waals surface area contributed by atoms with E-state index in [2.05, 4.69) is 163 Å². The van der Waals surface area contributed by atoms with Gasteiger partial charge < -0.3 is 9.80 Å². The highest BCUT2D eigenvalue weighted by atomic mass is 15.1. The number of benzene rings is 6. The third-order valence-electron chi connectivity index (χ3n) is 7.50. The summed E-state index contributed by atoms with van der Waals surface area (Å²) in [5.41, 5.74) is 7.88. The molecule has 194 valence electrons. The molecule has 0 fully saturated rings. The van der Waals surface area contributed by atoms with Crippen molar-refractivity contribution in [3.8, 4) is 0 Å². The van der Waals surface area contributed by atoms with Crippen molar-refractivity contribution < 1.29 is 0 Å². The largest absolute Gasteiger partial charge is 0.345 e. The Labute approximate surface area is 236 Å². The van der Waals surface area contributed by atoms with Crippen LogP contribution in [0.3, 0.4) is 0 Å². The quantitative estimate of drug-likeness (QED) is 0.208. The van der Waals surface area contributed by atoms with Crippen LogP contribution in [0.4, 0.5) is 28.4 Å². The van der Waals surface area contributed by atoms with E-state index in [4.69, 9.17) is 0 Å². The smallest absolute Gasteiger partial charge is 0.0468 e. The SMILES string of the molecule is C=Cc1ccc(N(c2ccc(N(C)c3ccc4ccccc4c3)cc2)c2ccc3ccccc3c2)cc1/C=C\C. The fraction of sp³-hybridized carbons (Fsp3) is 0.0526. The first kappa shape index (κ1) is 25.2. The molecule has 0 spiro atoms. The van der Waals surface area contributed by atoms with Crippen molar-refractivity contribution >= 4 is 62.1 Å². The van der Waals surface area contributed by atoms with Crippen LogP contribution in [0.1, 0.15) is 18.1 Å². The number of rotatable bonds is 7. The Balaban J connectivity index is 1.42. The van der Waals surface area contributed by atoms with E-state index >= 15 is 0 Å². The summed E-state index contributed by atoms with van der Waals surface area (Å²) in [6.07, 6.45) is 6.13. The summed E-state index contributed by atoms with van der Waals surface area (Å²) >= 11 is 0. The molecule has 0 radical (unpaired) electrons. The van der Waals surface area contributed by atoms with Gasteiger partial charge in [-0.05, 0) is 100 Å². The molecule has 0 aliphatic rings. The third-order valence-corrected chi connectivity index (χ3v) is 7.50. The van der Waals surface area contributed by atoms with E-state index in [1.165, 1.54) is 21.5 Å². The fourth-order valence-electron chi connectivity index (χ4n) is 5.33. The molecular formula is C38H32N2. The lowest BCUT2D eigenvalue weighted by Gasteiger charge is -2.27. The summed E-state index contributed by atoms with van der Waals surface area (Å²) in [6.45, 7) is 6.06. The maximum absolute atomic E-state index is 4.01. The van der Waals surface area contributed by atoms with Crippen LogP contribution in [0.15, 0.2) is 140 Å². The normalized spacial score (nSPS) is 11.2. The summed E-state index contributed by atoms with van der Waals surface area (Å²) in [6, 6.07) is 45.6. The first-order valence-corrected chi connectivity index (χ1v) is 13.7. The summed E-state index contributed by atoms with van der Waals surface area (Å²) < 4.78 is 0. The lowest BCUT2D eigenvalue weighted by Crippen LogP contribution is -2.12. The second-order valence-corrected chi connectivity index (χ2v) is 9.99. The fourth-order valence-corrected chi connectivity index (χ4v) is 5.33. The van der Waals surface area contributed by atoms with Crippen LogP contribution in [-0.2, 0) is 0 Å². The van der Waals surface area contributed by atoms with Crippen LogP contribution in [0.2, 0.25) is 0 Å². The lowest BCUT2D eigenvalue weighted by molar-refractivity contribution is 1.21. The molecule has 40 heavy (non-hydrogen) atoms. The van der Waals surface area contributed by atoms with Gasteiger partial charge in [-0.15, -0.1) is 0 Å². The summed E-state index contributed by atoms with van der Waals surface area (Å²) in [4.78, 5) is 4.56. The van der Waals surface area contributed by atoms with Crippen molar-refractivity contribution in [2.75, 3.05) is 16.8 Å². The molecule has 0 amide bonds. The Morgan fingerprint density at radius 2 is 1.00 bits per heavy atom. The van der Waals surface area contributed by atoms with Gasteiger partial charge in [0.25, 0.3) is 0 Å². The lowest BCUT2D eigenvalue weighted by atomic mass is 10.0. The summed E-state index contributed by atoms with van der Waals surface area (Å²) in [7, 11) is 2.12. The zero-order chi connectivity index (χ0) is 27.5. The van der Waals surface area contributed by atoms with Gasteiger partial charge in [-0.2, -0.15) is 0 Å². The molecule has 0 atom stereocenters. The Kier molecular flexibility index (Phi) is 6.91. The average molecular weight is 517 g/mol. The number of fused-ring (bicyclic) bond motifs is 2. The van der Waals surface area contributed by atoms with Crippen molar-refractivity contribution in [2.24, 2.45) is 0 Å². The van der Waals surface area contributed by atoms with Crippen LogP contribution in [-0.4, -0.2) is 7.05 Å². The minimum Gasteiger partial charge on any atom is -0.345 e. The predicted octanol–water partition coefficient (Wildman–Crippen LogP) is 10.9. The molecule has 6 rings (SSSR count). The van der Waals surface area contributed by atoms with Gasteiger partial charge in [-0.1, -0.05) is 91.5 Å². The monoisotopic (exact) mass is 516 g/mol. The highest BCUT2D eigenvalue weighted by Gasteiger charge is 2.15. The van der Waals surface area contributed by atoms with E-state index in [0.717, 1.165) is 39.6 Å². The molecule has 0 saturated heterocycles. The molecule has 0 aromatic heterocycles. The van der Waals surface area contributed by atoms with Gasteiger partial charge >= 0.3 is 0 Å². The summed E-state index contributed by atoms with van der Waals surface area (Å²) in [5.74, 6) is 0. The van der Waals surface area contributed by atoms with E-state index in [9.17, 15) is 0 Å². The maximum Gasteiger partial charge on any atom is 0.0468 e. The molecular weight excluding hydrogens is 484 g/mol. The van der Waals surface area contributed by atoms with E-state index < -0.39 is 0 Å². The van der Waals surface area contributed by atoms with Crippen molar-refractivity contribution in [1.29, 1.82) is 0 Å². The predicted molar refractivity (Wildman–Crippen MR) is 175 cm³/mol. The number of nitrogens with zero attached hydrogens (tertiary/aromatic N) is 2. The summed E-state index contributed by atoms with van der Waals surface area (Å²) in [5, 5.41) is 4.94. The topological polar surface area (TPSA) is 6.48 Å². The Bertz CT molecular complexity index is 1850. The number of hydrogen-bond acceptors (Lipinski definition) is 2. The van der Waals surface area contributed by atoms with Gasteiger partial charge in [-0.3, -0.25) is 0 Å². The van der Waals surface area contributed by atoms with Crippen LogP contribution in [0.5, 0.6) is 0 Å². The molecule has 2 heteroatoms. The highest BCUT2D eigenvalue weighted by molar-refractivity contribution is 5.90. The van der Waals surface area contributed by atoms with Crippen molar-refractivity contribution in [3.63, 3.8) is 0 Å². The molecule has 0 unspecified atom stereocenters. The molecule has 0 aliphatic carbocycles. The third kappa shape index (κ3) is 4.88. The number of anilines is 5. The second-order valence-electron chi connectivity index (χ2n) is 9.99. The van der Waals surface area contributed by atoms with E-state index in [1.807, 2.05) is 13.0 Å². The van der Waals surface area contributed by atoms with Gasteiger partial charge in [0, 0.05) is 35.5 Å². The molecule has 0 bridgehead atoms. The first-order chi connectivity index (χ1) is 19.6. The van der Waals surface area contributed by atoms with E-state index in [-0.39, 0.29) is 0 Å². The minimum atomic E-state index is 1.10. The van der Waals surface area contributed by atoms with E-state index in [1.54, 1.807) is 0 Å². The highest BCUT2D eigenvalue weighted by Crippen LogP contribution is 2.38. The molecule has 0 saturated carbocycles. The Morgan fingerprint density at radius 1 is 0.500 bits per heavy atom. The Morgan fingerprint density at radius 3 is 1.62 bits per heavy atom. The van der Waals surface area contributed by atoms with Crippen molar-refractivity contribution in [2.45, 2.75) is 6.92 Å². The molecule has 6 aromatic rings. The zero-order valence-corrected chi connectivity index (χ0v) is 23.0. The van der Waals surface area contributed by atoms with Gasteiger partial charge in [0.15, 0.2) is 0 Å².